The van der Waals surface area contributed by atoms with E-state index in [-0.39, 0.29) is 35.3 Å². The number of nitrogens with zero attached hydrogens (tertiary/aromatic N) is 2. The standard InChI is InChI=1S/C19H23FN2O2/c1-19(2)10-15-18(16(23)11-19)14(9-17(24)22(15)21(3)4)12-5-7-13(20)8-6-12/h5-8,14H,9-11H2,1-4H3/t14-/m1/s1. The topological polar surface area (TPSA) is 40.6 Å². The number of benzene rings is 1. The quantitative estimate of drug-likeness (QED) is 0.836. The summed E-state index contributed by atoms with van der Waals surface area (Å²) >= 11 is 0. The van der Waals surface area contributed by atoms with E-state index >= 15 is 0 Å². The molecule has 0 saturated carbocycles. The zero-order valence-electron chi connectivity index (χ0n) is 14.6. The summed E-state index contributed by atoms with van der Waals surface area (Å²) in [6.45, 7) is 4.10. The van der Waals surface area contributed by atoms with E-state index < -0.39 is 0 Å². The zero-order valence-corrected chi connectivity index (χ0v) is 14.6. The second kappa shape index (κ2) is 5.81. The highest BCUT2D eigenvalue weighted by molar-refractivity contribution is 6.01. The Kier molecular flexibility index (Phi) is 4.08. The number of hydrazine groups is 1. The summed E-state index contributed by atoms with van der Waals surface area (Å²) in [7, 11) is 3.62. The lowest BCUT2D eigenvalue weighted by molar-refractivity contribution is -0.143. The number of Topliss-reactive ketones (excluding diaryl/α,β-unsaturated/α-hetero) is 1. The summed E-state index contributed by atoms with van der Waals surface area (Å²) in [6, 6.07) is 6.12. The molecule has 0 spiro atoms. The molecule has 128 valence electrons. The lowest BCUT2D eigenvalue weighted by Crippen LogP contribution is -2.49. The van der Waals surface area contributed by atoms with Crippen molar-refractivity contribution in [3.8, 4) is 0 Å². The molecule has 3 rings (SSSR count). The highest BCUT2D eigenvalue weighted by Crippen LogP contribution is 2.47. The maximum absolute atomic E-state index is 13.2. The first kappa shape index (κ1) is 16.8. The SMILES string of the molecule is CN(C)N1C(=O)C[C@H](c2ccc(F)cc2)C2=C1CC(C)(C)CC2=O. The van der Waals surface area contributed by atoms with E-state index in [1.807, 2.05) is 14.1 Å². The van der Waals surface area contributed by atoms with Crippen LogP contribution in [0.1, 0.15) is 44.6 Å². The minimum absolute atomic E-state index is 0.0291. The number of rotatable bonds is 2. The van der Waals surface area contributed by atoms with Gasteiger partial charge in [0.2, 0.25) is 5.91 Å². The van der Waals surface area contributed by atoms with E-state index in [2.05, 4.69) is 13.8 Å². The monoisotopic (exact) mass is 330 g/mol. The van der Waals surface area contributed by atoms with Crippen molar-refractivity contribution in [3.05, 3.63) is 46.9 Å². The first-order valence-electron chi connectivity index (χ1n) is 8.21. The van der Waals surface area contributed by atoms with Gasteiger partial charge in [-0.25, -0.2) is 14.4 Å². The van der Waals surface area contributed by atoms with Gasteiger partial charge in [0.25, 0.3) is 0 Å². The van der Waals surface area contributed by atoms with Crippen molar-refractivity contribution in [2.24, 2.45) is 5.41 Å². The first-order valence-corrected chi connectivity index (χ1v) is 8.21. The van der Waals surface area contributed by atoms with Crippen LogP contribution in [-0.4, -0.2) is 35.8 Å². The number of hydrogen-bond acceptors (Lipinski definition) is 3. The number of carbonyl (C=O) groups is 2. The highest BCUT2D eigenvalue weighted by atomic mass is 19.1. The van der Waals surface area contributed by atoms with Crippen LogP contribution in [0.15, 0.2) is 35.5 Å². The van der Waals surface area contributed by atoms with Crippen LogP contribution in [-0.2, 0) is 9.59 Å². The van der Waals surface area contributed by atoms with Crippen molar-refractivity contribution < 1.29 is 14.0 Å². The van der Waals surface area contributed by atoms with Gasteiger partial charge in [-0.1, -0.05) is 26.0 Å². The van der Waals surface area contributed by atoms with Gasteiger partial charge in [-0.05, 0) is 29.5 Å². The molecule has 0 N–H and O–H groups in total. The van der Waals surface area contributed by atoms with Crippen molar-refractivity contribution in [2.45, 2.75) is 39.0 Å². The fraction of sp³-hybridized carbons (Fsp3) is 0.474. The van der Waals surface area contributed by atoms with Crippen LogP contribution in [0.4, 0.5) is 4.39 Å². The van der Waals surface area contributed by atoms with Crippen molar-refractivity contribution in [1.82, 2.24) is 10.0 Å². The summed E-state index contributed by atoms with van der Waals surface area (Å²) in [5.41, 5.74) is 2.17. The van der Waals surface area contributed by atoms with Gasteiger partial charge in [0.05, 0.1) is 0 Å². The molecule has 4 nitrogen and oxygen atoms in total. The zero-order chi connectivity index (χ0) is 17.6. The molecule has 1 amide bonds. The number of ketones is 1. The lowest BCUT2D eigenvalue weighted by atomic mass is 9.69. The number of hydrogen-bond donors (Lipinski definition) is 0. The van der Waals surface area contributed by atoms with Gasteiger partial charge < -0.3 is 0 Å². The molecule has 0 saturated heterocycles. The molecule has 2 aliphatic rings. The van der Waals surface area contributed by atoms with E-state index in [1.165, 1.54) is 12.1 Å². The third kappa shape index (κ3) is 2.88. The Bertz CT molecular complexity index is 719. The van der Waals surface area contributed by atoms with E-state index in [9.17, 15) is 14.0 Å². The van der Waals surface area contributed by atoms with Gasteiger partial charge in [-0.2, -0.15) is 0 Å². The molecule has 1 aliphatic carbocycles. The average Bonchev–Trinajstić information content (AvgIpc) is 2.44. The van der Waals surface area contributed by atoms with Crippen LogP contribution in [0.5, 0.6) is 0 Å². The second-order valence-corrected chi connectivity index (χ2v) is 7.66. The summed E-state index contributed by atoms with van der Waals surface area (Å²) in [6.07, 6.45) is 1.38. The summed E-state index contributed by atoms with van der Waals surface area (Å²) in [5, 5.41) is 3.38. The van der Waals surface area contributed by atoms with Gasteiger partial charge in [0.15, 0.2) is 5.78 Å². The third-order valence-electron chi connectivity index (χ3n) is 4.79. The molecule has 1 heterocycles. The van der Waals surface area contributed by atoms with Crippen molar-refractivity contribution in [2.75, 3.05) is 14.1 Å². The van der Waals surface area contributed by atoms with Gasteiger partial charge >= 0.3 is 0 Å². The average molecular weight is 330 g/mol. The molecule has 0 aromatic heterocycles. The summed E-state index contributed by atoms with van der Waals surface area (Å²) in [5.74, 6) is -0.539. The van der Waals surface area contributed by atoms with Crippen LogP contribution in [0.3, 0.4) is 0 Å². The normalized spacial score (nSPS) is 23.8. The van der Waals surface area contributed by atoms with Crippen molar-refractivity contribution in [3.63, 3.8) is 0 Å². The number of amides is 1. The van der Waals surface area contributed by atoms with Crippen molar-refractivity contribution in [1.29, 1.82) is 0 Å². The number of allylic oxidation sites excluding steroid dienone is 2. The predicted molar refractivity (Wildman–Crippen MR) is 89.3 cm³/mol. The summed E-state index contributed by atoms with van der Waals surface area (Å²) < 4.78 is 13.2. The van der Waals surface area contributed by atoms with Gasteiger partial charge in [0, 0.05) is 44.1 Å². The summed E-state index contributed by atoms with van der Waals surface area (Å²) in [4.78, 5) is 25.6. The maximum Gasteiger partial charge on any atom is 0.242 e. The molecule has 0 fully saturated rings. The minimum atomic E-state index is -0.318. The smallest absolute Gasteiger partial charge is 0.242 e. The Morgan fingerprint density at radius 3 is 2.33 bits per heavy atom. The van der Waals surface area contributed by atoms with Gasteiger partial charge in [0.1, 0.15) is 5.82 Å². The minimum Gasteiger partial charge on any atom is -0.294 e. The Hall–Kier alpha value is -2.01. The third-order valence-corrected chi connectivity index (χ3v) is 4.79. The largest absolute Gasteiger partial charge is 0.294 e. The van der Waals surface area contributed by atoms with Gasteiger partial charge in [-0.3, -0.25) is 9.59 Å². The second-order valence-electron chi connectivity index (χ2n) is 7.66. The van der Waals surface area contributed by atoms with Crippen LogP contribution >= 0.6 is 0 Å². The Balaban J connectivity index is 2.15. The maximum atomic E-state index is 13.2. The molecule has 5 heteroatoms. The number of carbonyl (C=O) groups excluding carboxylic acids is 2. The molecule has 0 unspecified atom stereocenters. The Morgan fingerprint density at radius 2 is 1.75 bits per heavy atom. The van der Waals surface area contributed by atoms with Crippen LogP contribution in [0.25, 0.3) is 0 Å². The van der Waals surface area contributed by atoms with E-state index in [0.717, 1.165) is 11.3 Å². The van der Waals surface area contributed by atoms with Crippen LogP contribution in [0, 0.1) is 11.2 Å². The van der Waals surface area contributed by atoms with Gasteiger partial charge in [-0.15, -0.1) is 0 Å². The molecule has 1 atom stereocenters. The fourth-order valence-corrected chi connectivity index (χ4v) is 3.84. The molecule has 24 heavy (non-hydrogen) atoms. The molecule has 1 aromatic carbocycles. The highest BCUT2D eigenvalue weighted by Gasteiger charge is 2.44. The Morgan fingerprint density at radius 1 is 1.12 bits per heavy atom. The molecule has 0 bridgehead atoms. The lowest BCUT2D eigenvalue weighted by Gasteiger charge is -2.44. The van der Waals surface area contributed by atoms with E-state index in [1.54, 1.807) is 22.2 Å². The molecular weight excluding hydrogens is 307 g/mol. The first-order chi connectivity index (χ1) is 11.2. The molecular formula is C19H23FN2O2. The Labute approximate surface area is 141 Å². The molecule has 1 aromatic rings. The fourth-order valence-electron chi connectivity index (χ4n) is 3.84. The van der Waals surface area contributed by atoms with Crippen LogP contribution in [0.2, 0.25) is 0 Å². The number of halogens is 1. The van der Waals surface area contributed by atoms with E-state index in [4.69, 9.17) is 0 Å². The van der Waals surface area contributed by atoms with Crippen molar-refractivity contribution >= 4 is 11.7 Å². The van der Waals surface area contributed by atoms with E-state index in [0.29, 0.717) is 18.4 Å². The van der Waals surface area contributed by atoms with Crippen LogP contribution < -0.4 is 0 Å². The molecule has 1 aliphatic heterocycles. The molecule has 0 radical (unpaired) electrons. The predicted octanol–water partition coefficient (Wildman–Crippen LogP) is 3.26.